The normalized spacial score (nSPS) is 10.5. The minimum atomic E-state index is -2.59. The average Bonchev–Trinajstić information content (AvgIpc) is 2.01. The van der Waals surface area contributed by atoms with Crippen LogP contribution in [0.2, 0.25) is 0 Å². The predicted molar refractivity (Wildman–Crippen MR) is 42.7 cm³/mol. The molecule has 1 aromatic heterocycles. The molecule has 0 spiro atoms. The van der Waals surface area contributed by atoms with Crippen LogP contribution in [-0.4, -0.2) is 27.8 Å². The van der Waals surface area contributed by atoms with Crippen molar-refractivity contribution in [2.24, 2.45) is 0 Å². The number of nitrogen functional groups attached to an aromatic ring is 1. The third-order valence-corrected chi connectivity index (χ3v) is 1.56. The van der Waals surface area contributed by atoms with Gasteiger partial charge >= 0.3 is 6.01 Å². The predicted octanol–water partition coefficient (Wildman–Crippen LogP) is 0.777. The van der Waals surface area contributed by atoms with Gasteiger partial charge in [0.15, 0.2) is 0 Å². The van der Waals surface area contributed by atoms with Crippen LogP contribution in [0.3, 0.4) is 0 Å². The van der Waals surface area contributed by atoms with Crippen molar-refractivity contribution in [1.29, 1.82) is 0 Å². The van der Waals surface area contributed by atoms with Crippen LogP contribution in [0, 0.1) is 0 Å². The minimum absolute atomic E-state index is 0.0735. The van der Waals surface area contributed by atoms with E-state index in [1.165, 1.54) is 7.11 Å². The van der Waals surface area contributed by atoms with E-state index in [4.69, 9.17) is 5.73 Å². The lowest BCUT2D eigenvalue weighted by atomic mass is 10.9. The highest BCUT2D eigenvalue weighted by molar-refractivity contribution is 7.99. The zero-order chi connectivity index (χ0) is 9.84. The summed E-state index contributed by atoms with van der Waals surface area (Å²) in [5.41, 5.74) is 5.21. The van der Waals surface area contributed by atoms with E-state index < -0.39 is 5.76 Å². The van der Waals surface area contributed by atoms with E-state index in [9.17, 15) is 8.78 Å². The topological polar surface area (TPSA) is 73.9 Å². The smallest absolute Gasteiger partial charge is 0.321 e. The number of aromatic nitrogens is 3. The van der Waals surface area contributed by atoms with E-state index >= 15 is 0 Å². The van der Waals surface area contributed by atoms with E-state index in [2.05, 4.69) is 19.7 Å². The summed E-state index contributed by atoms with van der Waals surface area (Å²) in [6, 6.07) is -0.0735. The number of nitrogens with zero attached hydrogens (tertiary/aromatic N) is 3. The second-order valence-electron chi connectivity index (χ2n) is 1.84. The zero-order valence-corrected chi connectivity index (χ0v) is 7.39. The van der Waals surface area contributed by atoms with Crippen molar-refractivity contribution < 1.29 is 13.5 Å². The van der Waals surface area contributed by atoms with Gasteiger partial charge in [0, 0.05) is 0 Å². The van der Waals surface area contributed by atoms with Crippen LogP contribution in [0.1, 0.15) is 0 Å². The molecule has 0 aliphatic carbocycles. The van der Waals surface area contributed by atoms with Crippen molar-refractivity contribution in [3.63, 3.8) is 0 Å². The molecule has 0 saturated carbocycles. The molecular formula is C5H6F2N4OS. The molecule has 0 unspecified atom stereocenters. The lowest BCUT2D eigenvalue weighted by molar-refractivity contribution is 0.251. The molecule has 1 heterocycles. The molecule has 13 heavy (non-hydrogen) atoms. The summed E-state index contributed by atoms with van der Waals surface area (Å²) < 4.78 is 28.4. The monoisotopic (exact) mass is 208 g/mol. The Morgan fingerprint density at radius 3 is 2.62 bits per heavy atom. The summed E-state index contributed by atoms with van der Waals surface area (Å²) in [5.74, 6) is -2.73. The summed E-state index contributed by atoms with van der Waals surface area (Å²) in [5, 5.41) is -0.153. The fraction of sp³-hybridized carbons (Fsp3) is 0.400. The van der Waals surface area contributed by atoms with Crippen LogP contribution in [0.15, 0.2) is 5.16 Å². The Morgan fingerprint density at radius 2 is 2.08 bits per heavy atom. The van der Waals surface area contributed by atoms with E-state index in [0.717, 1.165) is 0 Å². The number of alkyl halides is 2. The summed E-state index contributed by atoms with van der Waals surface area (Å²) >= 11 is 0.187. The second-order valence-corrected chi connectivity index (χ2v) is 2.80. The largest absolute Gasteiger partial charge is 0.467 e. The fourth-order valence-corrected chi connectivity index (χ4v) is 1.01. The second kappa shape index (κ2) is 4.17. The maximum atomic E-state index is 11.9. The molecule has 0 aliphatic rings. The van der Waals surface area contributed by atoms with Crippen LogP contribution in [-0.2, 0) is 0 Å². The third-order valence-electron chi connectivity index (χ3n) is 0.989. The number of rotatable bonds is 3. The highest BCUT2D eigenvalue weighted by Gasteiger charge is 2.11. The average molecular weight is 208 g/mol. The first kappa shape index (κ1) is 9.90. The summed E-state index contributed by atoms with van der Waals surface area (Å²) in [7, 11) is 1.31. The Kier molecular flexibility index (Phi) is 3.18. The van der Waals surface area contributed by atoms with Crippen molar-refractivity contribution in [2.45, 2.75) is 10.9 Å². The van der Waals surface area contributed by atoms with Gasteiger partial charge in [-0.2, -0.15) is 23.7 Å². The first-order chi connectivity index (χ1) is 6.11. The van der Waals surface area contributed by atoms with Gasteiger partial charge in [-0.05, 0) is 11.8 Å². The maximum absolute atomic E-state index is 11.9. The quantitative estimate of drug-likeness (QED) is 0.740. The Balaban J connectivity index is 2.88. The first-order valence-corrected chi connectivity index (χ1v) is 4.00. The van der Waals surface area contributed by atoms with Crippen LogP contribution in [0.4, 0.5) is 14.7 Å². The Labute approximate surface area is 76.7 Å². The van der Waals surface area contributed by atoms with Crippen molar-refractivity contribution in [2.75, 3.05) is 12.8 Å². The Hall–Kier alpha value is -1.18. The Morgan fingerprint density at radius 1 is 1.38 bits per heavy atom. The SMILES string of the molecule is COc1nc(N)nc(SC(F)F)n1. The van der Waals surface area contributed by atoms with Gasteiger partial charge in [0.05, 0.1) is 7.11 Å². The number of nitrogens with two attached hydrogens (primary N) is 1. The molecule has 0 atom stereocenters. The van der Waals surface area contributed by atoms with Gasteiger partial charge in [-0.25, -0.2) is 0 Å². The number of halogens is 2. The maximum Gasteiger partial charge on any atom is 0.321 e. The lowest BCUT2D eigenvalue weighted by Gasteiger charge is -2.01. The molecule has 0 fully saturated rings. The molecule has 0 aromatic carbocycles. The first-order valence-electron chi connectivity index (χ1n) is 3.12. The summed E-state index contributed by atoms with van der Waals surface area (Å²) in [6.07, 6.45) is 0. The molecule has 72 valence electrons. The van der Waals surface area contributed by atoms with Gasteiger partial charge in [0.1, 0.15) is 0 Å². The van der Waals surface area contributed by atoms with Gasteiger partial charge < -0.3 is 10.5 Å². The number of anilines is 1. The summed E-state index contributed by atoms with van der Waals surface area (Å²) in [4.78, 5) is 10.6. The summed E-state index contributed by atoms with van der Waals surface area (Å²) in [6.45, 7) is 0. The van der Waals surface area contributed by atoms with Gasteiger partial charge in [-0.1, -0.05) is 0 Å². The van der Waals surface area contributed by atoms with Gasteiger partial charge in [-0.3, -0.25) is 0 Å². The van der Waals surface area contributed by atoms with E-state index in [0.29, 0.717) is 0 Å². The van der Waals surface area contributed by atoms with Gasteiger partial charge in [0.25, 0.3) is 5.76 Å². The van der Waals surface area contributed by atoms with Gasteiger partial charge in [0.2, 0.25) is 11.1 Å². The molecule has 0 radical (unpaired) electrons. The highest BCUT2D eigenvalue weighted by Crippen LogP contribution is 2.22. The molecular weight excluding hydrogens is 202 g/mol. The molecule has 1 rings (SSSR count). The molecule has 1 aromatic rings. The van der Waals surface area contributed by atoms with Crippen molar-refractivity contribution in [3.05, 3.63) is 0 Å². The van der Waals surface area contributed by atoms with Crippen LogP contribution >= 0.6 is 11.8 Å². The minimum Gasteiger partial charge on any atom is -0.467 e. The van der Waals surface area contributed by atoms with Crippen molar-refractivity contribution >= 4 is 17.7 Å². The third kappa shape index (κ3) is 2.98. The van der Waals surface area contributed by atoms with Crippen molar-refractivity contribution in [1.82, 2.24) is 15.0 Å². The highest BCUT2D eigenvalue weighted by atomic mass is 32.2. The van der Waals surface area contributed by atoms with Crippen LogP contribution < -0.4 is 10.5 Å². The standard InChI is InChI=1S/C5H6F2N4OS/c1-12-4-9-3(8)10-5(11-4)13-2(6)7/h2H,1H3,(H2,8,9,10,11). The molecule has 0 amide bonds. The lowest BCUT2D eigenvalue weighted by Crippen LogP contribution is -2.02. The van der Waals surface area contributed by atoms with Gasteiger partial charge in [-0.15, -0.1) is 0 Å². The van der Waals surface area contributed by atoms with Crippen molar-refractivity contribution in [3.8, 4) is 6.01 Å². The van der Waals surface area contributed by atoms with E-state index in [1.807, 2.05) is 0 Å². The fourth-order valence-electron chi connectivity index (χ4n) is 0.576. The molecule has 0 bridgehead atoms. The number of hydrogen-bond acceptors (Lipinski definition) is 6. The van der Waals surface area contributed by atoms with Crippen LogP contribution in [0.5, 0.6) is 6.01 Å². The van der Waals surface area contributed by atoms with E-state index in [-0.39, 0.29) is 28.9 Å². The molecule has 2 N–H and O–H groups in total. The van der Waals surface area contributed by atoms with Crippen LogP contribution in [0.25, 0.3) is 0 Å². The molecule has 0 saturated heterocycles. The number of methoxy groups -OCH3 is 1. The number of hydrogen-bond donors (Lipinski definition) is 1. The molecule has 0 aliphatic heterocycles. The number of ether oxygens (including phenoxy) is 1. The molecule has 8 heteroatoms. The zero-order valence-electron chi connectivity index (χ0n) is 6.57. The number of thioether (sulfide) groups is 1. The molecule has 5 nitrogen and oxygen atoms in total. The Bertz CT molecular complexity index is 298. The van der Waals surface area contributed by atoms with E-state index in [1.54, 1.807) is 0 Å².